The van der Waals surface area contributed by atoms with Gasteiger partial charge in [0.15, 0.2) is 0 Å². The number of halogens is 2. The van der Waals surface area contributed by atoms with Crippen LogP contribution in [0.2, 0.25) is 5.02 Å². The Balaban J connectivity index is 1.80. The van der Waals surface area contributed by atoms with E-state index >= 15 is 0 Å². The molecule has 4 heteroatoms. The monoisotopic (exact) mass is 386 g/mol. The molecular formula is C19H12BrClO2. The highest BCUT2D eigenvalue weighted by Crippen LogP contribution is 2.28. The first kappa shape index (κ1) is 15.8. The summed E-state index contributed by atoms with van der Waals surface area (Å²) < 4.78 is 5.94. The van der Waals surface area contributed by atoms with E-state index < -0.39 is 5.97 Å². The predicted molar refractivity (Wildman–Crippen MR) is 97.8 cm³/mol. The van der Waals surface area contributed by atoms with Crippen LogP contribution in [0, 0.1) is 0 Å². The Morgan fingerprint density at radius 3 is 2.65 bits per heavy atom. The normalized spacial score (nSPS) is 11.0. The molecule has 0 aromatic heterocycles. The van der Waals surface area contributed by atoms with Gasteiger partial charge in [-0.05, 0) is 56.5 Å². The summed E-state index contributed by atoms with van der Waals surface area (Å²) in [5.41, 5.74) is 0.968. The second-order valence-corrected chi connectivity index (χ2v) is 6.19. The molecule has 0 N–H and O–H groups in total. The van der Waals surface area contributed by atoms with Crippen molar-refractivity contribution in [1.82, 2.24) is 0 Å². The quantitative estimate of drug-likeness (QED) is 0.319. The number of rotatable bonds is 3. The maximum absolute atomic E-state index is 12.0. The summed E-state index contributed by atoms with van der Waals surface area (Å²) in [7, 11) is 0. The lowest BCUT2D eigenvalue weighted by Gasteiger charge is -2.04. The van der Waals surface area contributed by atoms with Gasteiger partial charge in [-0.3, -0.25) is 0 Å². The van der Waals surface area contributed by atoms with Gasteiger partial charge in [-0.1, -0.05) is 54.1 Å². The van der Waals surface area contributed by atoms with E-state index in [9.17, 15) is 4.79 Å². The first-order valence-corrected chi connectivity index (χ1v) is 8.13. The van der Waals surface area contributed by atoms with Crippen molar-refractivity contribution in [2.24, 2.45) is 0 Å². The summed E-state index contributed by atoms with van der Waals surface area (Å²) in [6.45, 7) is 0. The highest BCUT2D eigenvalue weighted by molar-refractivity contribution is 9.10. The lowest BCUT2D eigenvalue weighted by molar-refractivity contribution is -0.128. The van der Waals surface area contributed by atoms with Crippen molar-refractivity contribution in [3.05, 3.63) is 81.8 Å². The fourth-order valence-corrected chi connectivity index (χ4v) is 3.02. The van der Waals surface area contributed by atoms with Crippen molar-refractivity contribution in [2.75, 3.05) is 0 Å². The topological polar surface area (TPSA) is 26.3 Å². The first-order chi connectivity index (χ1) is 11.1. The van der Waals surface area contributed by atoms with Crippen LogP contribution in [-0.4, -0.2) is 5.97 Å². The van der Waals surface area contributed by atoms with E-state index in [4.69, 9.17) is 16.3 Å². The van der Waals surface area contributed by atoms with Crippen LogP contribution in [0.25, 0.3) is 16.8 Å². The SMILES string of the molecule is O=C(/C=C/c1cccc2ccccc12)Oc1ccc(Cl)cc1Br. The number of carbonyl (C=O) groups excluding carboxylic acids is 1. The van der Waals surface area contributed by atoms with E-state index in [1.807, 2.05) is 42.5 Å². The number of fused-ring (bicyclic) bond motifs is 1. The van der Waals surface area contributed by atoms with Crippen molar-refractivity contribution >= 4 is 50.3 Å². The Labute approximate surface area is 147 Å². The Bertz CT molecular complexity index is 898. The number of ether oxygens (including phenoxy) is 1. The second-order valence-electron chi connectivity index (χ2n) is 4.90. The minimum Gasteiger partial charge on any atom is -0.422 e. The van der Waals surface area contributed by atoms with E-state index in [1.165, 1.54) is 6.08 Å². The van der Waals surface area contributed by atoms with Crippen LogP contribution in [0.1, 0.15) is 5.56 Å². The lowest BCUT2D eigenvalue weighted by atomic mass is 10.0. The summed E-state index contributed by atoms with van der Waals surface area (Å²) in [4.78, 5) is 12.0. The Morgan fingerprint density at radius 2 is 1.83 bits per heavy atom. The zero-order chi connectivity index (χ0) is 16.2. The third-order valence-electron chi connectivity index (χ3n) is 3.33. The molecule has 0 amide bonds. The van der Waals surface area contributed by atoms with Crippen molar-refractivity contribution in [2.45, 2.75) is 0 Å². The van der Waals surface area contributed by atoms with Crippen LogP contribution in [0.15, 0.2) is 71.2 Å². The van der Waals surface area contributed by atoms with E-state index in [0.717, 1.165) is 16.3 Å². The molecule has 0 spiro atoms. The molecule has 0 atom stereocenters. The molecule has 0 radical (unpaired) electrons. The number of hydrogen-bond acceptors (Lipinski definition) is 2. The molecule has 2 nitrogen and oxygen atoms in total. The Morgan fingerprint density at radius 1 is 1.04 bits per heavy atom. The fraction of sp³-hybridized carbons (Fsp3) is 0. The van der Waals surface area contributed by atoms with Crippen LogP contribution < -0.4 is 4.74 Å². The number of hydrogen-bond donors (Lipinski definition) is 0. The average Bonchev–Trinajstić information content (AvgIpc) is 2.55. The lowest BCUT2D eigenvalue weighted by Crippen LogP contribution is -2.04. The van der Waals surface area contributed by atoms with Crippen molar-refractivity contribution in [1.29, 1.82) is 0 Å². The number of benzene rings is 3. The van der Waals surface area contributed by atoms with Crippen LogP contribution >= 0.6 is 27.5 Å². The molecule has 114 valence electrons. The third-order valence-corrected chi connectivity index (χ3v) is 4.18. The van der Waals surface area contributed by atoms with Gasteiger partial charge in [0, 0.05) is 11.1 Å². The molecule has 23 heavy (non-hydrogen) atoms. The number of esters is 1. The van der Waals surface area contributed by atoms with Crippen molar-refractivity contribution in [3.63, 3.8) is 0 Å². The van der Waals surface area contributed by atoms with Gasteiger partial charge in [-0.15, -0.1) is 0 Å². The van der Waals surface area contributed by atoms with E-state index in [2.05, 4.69) is 15.9 Å². The van der Waals surface area contributed by atoms with E-state index in [0.29, 0.717) is 15.2 Å². The standard InChI is InChI=1S/C19H12BrClO2/c20-17-12-15(21)9-10-18(17)23-19(22)11-8-14-6-3-5-13-4-1-2-7-16(13)14/h1-12H/b11-8+. The molecule has 0 saturated carbocycles. The minimum absolute atomic E-state index is 0.432. The van der Waals surface area contributed by atoms with Gasteiger partial charge in [-0.2, -0.15) is 0 Å². The molecule has 3 aromatic rings. The van der Waals surface area contributed by atoms with Gasteiger partial charge >= 0.3 is 5.97 Å². The van der Waals surface area contributed by atoms with Gasteiger partial charge in [0.1, 0.15) is 5.75 Å². The third kappa shape index (κ3) is 3.81. The predicted octanol–water partition coefficient (Wildman–Crippen LogP) is 5.87. The number of carbonyl (C=O) groups is 1. The van der Waals surface area contributed by atoms with Gasteiger partial charge < -0.3 is 4.74 Å². The smallest absolute Gasteiger partial charge is 0.336 e. The van der Waals surface area contributed by atoms with Gasteiger partial charge in [0.2, 0.25) is 0 Å². The molecule has 0 saturated heterocycles. The molecule has 0 bridgehead atoms. The first-order valence-electron chi connectivity index (χ1n) is 6.96. The molecule has 0 heterocycles. The largest absolute Gasteiger partial charge is 0.422 e. The average molecular weight is 388 g/mol. The van der Waals surface area contributed by atoms with E-state index in [-0.39, 0.29) is 0 Å². The van der Waals surface area contributed by atoms with Crippen molar-refractivity contribution in [3.8, 4) is 5.75 Å². The van der Waals surface area contributed by atoms with Crippen LogP contribution in [0.3, 0.4) is 0 Å². The summed E-state index contributed by atoms with van der Waals surface area (Å²) in [5, 5.41) is 2.79. The highest BCUT2D eigenvalue weighted by atomic mass is 79.9. The van der Waals surface area contributed by atoms with Crippen LogP contribution in [0.5, 0.6) is 5.75 Å². The summed E-state index contributed by atoms with van der Waals surface area (Å²) in [5.74, 6) is -0.0112. The second kappa shape index (κ2) is 6.99. The Kier molecular flexibility index (Phi) is 4.79. The van der Waals surface area contributed by atoms with Crippen LogP contribution in [0.4, 0.5) is 0 Å². The summed E-state index contributed by atoms with van der Waals surface area (Å²) in [6.07, 6.45) is 3.18. The van der Waals surface area contributed by atoms with Gasteiger partial charge in [0.05, 0.1) is 4.47 Å². The van der Waals surface area contributed by atoms with E-state index in [1.54, 1.807) is 24.3 Å². The molecule has 0 unspecified atom stereocenters. The summed E-state index contributed by atoms with van der Waals surface area (Å²) >= 11 is 9.18. The fourth-order valence-electron chi connectivity index (χ4n) is 2.25. The molecule has 0 aliphatic carbocycles. The molecule has 0 aliphatic rings. The molecule has 3 aromatic carbocycles. The maximum Gasteiger partial charge on any atom is 0.336 e. The molecule has 3 rings (SSSR count). The molecular weight excluding hydrogens is 376 g/mol. The summed E-state index contributed by atoms with van der Waals surface area (Å²) in [6, 6.07) is 19.0. The highest BCUT2D eigenvalue weighted by Gasteiger charge is 2.06. The zero-order valence-electron chi connectivity index (χ0n) is 12.0. The Hall–Kier alpha value is -2.10. The van der Waals surface area contributed by atoms with Crippen LogP contribution in [-0.2, 0) is 4.79 Å². The molecule has 0 aliphatic heterocycles. The van der Waals surface area contributed by atoms with Gasteiger partial charge in [0.25, 0.3) is 0 Å². The molecule has 0 fully saturated rings. The van der Waals surface area contributed by atoms with Crippen molar-refractivity contribution < 1.29 is 9.53 Å². The maximum atomic E-state index is 12.0. The minimum atomic E-state index is -0.444. The zero-order valence-corrected chi connectivity index (χ0v) is 14.3. The van der Waals surface area contributed by atoms with Gasteiger partial charge in [-0.25, -0.2) is 4.79 Å².